The van der Waals surface area contributed by atoms with E-state index in [1.807, 2.05) is 0 Å². The number of nitrogens with zero attached hydrogens (tertiary/aromatic N) is 2. The van der Waals surface area contributed by atoms with Crippen molar-refractivity contribution >= 4 is 15.8 Å². The first-order chi connectivity index (χ1) is 10.0. The third-order valence-electron chi connectivity index (χ3n) is 3.54. The van der Waals surface area contributed by atoms with Gasteiger partial charge in [0.2, 0.25) is 10.0 Å². The van der Waals surface area contributed by atoms with Crippen LogP contribution in [0.2, 0.25) is 0 Å². The first-order valence-electron chi connectivity index (χ1n) is 6.97. The van der Waals surface area contributed by atoms with Gasteiger partial charge in [-0.1, -0.05) is 0 Å². The first-order valence-corrected chi connectivity index (χ1v) is 8.51. The average Bonchev–Trinajstić information content (AvgIpc) is 2.95. The molecule has 1 aliphatic rings. The molecule has 0 bridgehead atoms. The molecule has 0 amide bonds. The Morgan fingerprint density at radius 2 is 2.33 bits per heavy atom. The van der Waals surface area contributed by atoms with Gasteiger partial charge in [0.05, 0.1) is 6.61 Å². The summed E-state index contributed by atoms with van der Waals surface area (Å²) in [6, 6.07) is 3.60. The molecule has 0 radical (unpaired) electrons. The van der Waals surface area contributed by atoms with Gasteiger partial charge in [-0.3, -0.25) is 0 Å². The zero-order valence-corrected chi connectivity index (χ0v) is 13.0. The minimum Gasteiger partial charge on any atom is -0.383 e. The highest BCUT2D eigenvalue weighted by molar-refractivity contribution is 7.89. The lowest BCUT2D eigenvalue weighted by Crippen LogP contribution is -2.39. The summed E-state index contributed by atoms with van der Waals surface area (Å²) in [5.74, 6) is 0.730. The molecule has 8 heteroatoms. The fourth-order valence-electron chi connectivity index (χ4n) is 2.41. The predicted octanol–water partition coefficient (Wildman–Crippen LogP) is -0.0662. The summed E-state index contributed by atoms with van der Waals surface area (Å²) >= 11 is 0. The second kappa shape index (κ2) is 7.17. The molecule has 1 aliphatic heterocycles. The van der Waals surface area contributed by atoms with Crippen LogP contribution in [0.5, 0.6) is 0 Å². The molecule has 2 heterocycles. The predicted molar refractivity (Wildman–Crippen MR) is 80.7 cm³/mol. The third-order valence-corrected chi connectivity index (χ3v) is 4.44. The zero-order valence-electron chi connectivity index (χ0n) is 12.2. The number of hydrogen-bond donors (Lipinski definition) is 2. The summed E-state index contributed by atoms with van der Waals surface area (Å²) < 4.78 is 27.6. The summed E-state index contributed by atoms with van der Waals surface area (Å²) in [7, 11) is -2.05. The Morgan fingerprint density at radius 3 is 2.86 bits per heavy atom. The molecule has 1 atom stereocenters. The molecular formula is C13H22N4O3S. The summed E-state index contributed by atoms with van der Waals surface area (Å²) in [5.41, 5.74) is 0. The maximum absolute atomic E-state index is 11.3. The molecule has 1 saturated heterocycles. The molecule has 1 fully saturated rings. The van der Waals surface area contributed by atoms with Crippen molar-refractivity contribution in [2.24, 2.45) is 5.14 Å². The number of sulfonamides is 1. The van der Waals surface area contributed by atoms with Gasteiger partial charge in [0.15, 0.2) is 0 Å². The summed E-state index contributed by atoms with van der Waals surface area (Å²) in [6.45, 7) is 3.16. The number of nitrogens with one attached hydrogen (secondary N) is 1. The number of primary sulfonamides is 1. The molecule has 3 N–H and O–H groups in total. The average molecular weight is 314 g/mol. The van der Waals surface area contributed by atoms with Crippen molar-refractivity contribution in [2.45, 2.75) is 23.8 Å². The molecule has 118 valence electrons. The number of nitrogens with two attached hydrogens (primary N) is 1. The Labute approximate surface area is 125 Å². The van der Waals surface area contributed by atoms with E-state index in [1.54, 1.807) is 13.2 Å². The molecule has 7 nitrogen and oxygen atoms in total. The SMILES string of the molecule is COCCN(CC1CCCN1)c1ccc(S(N)(=O)=O)cn1. The number of aromatic nitrogens is 1. The maximum atomic E-state index is 11.3. The van der Waals surface area contributed by atoms with E-state index >= 15 is 0 Å². The van der Waals surface area contributed by atoms with E-state index < -0.39 is 10.0 Å². The van der Waals surface area contributed by atoms with Crippen LogP contribution in [-0.2, 0) is 14.8 Å². The van der Waals surface area contributed by atoms with Gasteiger partial charge in [-0.15, -0.1) is 0 Å². The normalized spacial score (nSPS) is 18.9. The van der Waals surface area contributed by atoms with Crippen LogP contribution in [0.15, 0.2) is 23.2 Å². The number of hydrogen-bond acceptors (Lipinski definition) is 6. The smallest absolute Gasteiger partial charge is 0.239 e. The van der Waals surface area contributed by atoms with Crippen LogP contribution in [0.25, 0.3) is 0 Å². The highest BCUT2D eigenvalue weighted by Gasteiger charge is 2.19. The molecule has 0 aliphatic carbocycles. The Bertz CT molecular complexity index is 541. The van der Waals surface area contributed by atoms with Crippen LogP contribution in [0, 0.1) is 0 Å². The van der Waals surface area contributed by atoms with Crippen molar-refractivity contribution in [1.82, 2.24) is 10.3 Å². The maximum Gasteiger partial charge on any atom is 0.239 e. The van der Waals surface area contributed by atoms with Crippen molar-refractivity contribution in [1.29, 1.82) is 0 Å². The van der Waals surface area contributed by atoms with Gasteiger partial charge in [0.25, 0.3) is 0 Å². The highest BCUT2D eigenvalue weighted by atomic mass is 32.2. The molecule has 0 aromatic carbocycles. The number of pyridine rings is 1. The standard InChI is InChI=1S/C13H22N4O3S/c1-20-8-7-17(10-11-3-2-6-15-11)13-5-4-12(9-16-13)21(14,18)19/h4-5,9,11,15H,2-3,6-8,10H2,1H3,(H2,14,18,19). The lowest BCUT2D eigenvalue weighted by molar-refractivity contribution is 0.204. The van der Waals surface area contributed by atoms with Gasteiger partial charge in [0, 0.05) is 32.4 Å². The van der Waals surface area contributed by atoms with Crippen molar-refractivity contribution in [3.8, 4) is 0 Å². The van der Waals surface area contributed by atoms with E-state index in [0.29, 0.717) is 19.2 Å². The molecule has 0 spiro atoms. The van der Waals surface area contributed by atoms with E-state index in [4.69, 9.17) is 9.88 Å². The minimum absolute atomic E-state index is 0.0249. The van der Waals surface area contributed by atoms with Crippen molar-refractivity contribution in [3.05, 3.63) is 18.3 Å². The first kappa shape index (κ1) is 16.2. The Balaban J connectivity index is 2.11. The van der Waals surface area contributed by atoms with E-state index in [0.717, 1.165) is 25.3 Å². The topological polar surface area (TPSA) is 97.5 Å². The molecule has 1 aromatic heterocycles. The van der Waals surface area contributed by atoms with Gasteiger partial charge in [-0.05, 0) is 31.5 Å². The van der Waals surface area contributed by atoms with Gasteiger partial charge >= 0.3 is 0 Å². The quantitative estimate of drug-likeness (QED) is 0.731. The Kier molecular flexibility index (Phi) is 5.51. The molecule has 21 heavy (non-hydrogen) atoms. The lowest BCUT2D eigenvalue weighted by Gasteiger charge is -2.26. The third kappa shape index (κ3) is 4.63. The lowest BCUT2D eigenvalue weighted by atomic mass is 10.2. The van der Waals surface area contributed by atoms with Crippen molar-refractivity contribution in [3.63, 3.8) is 0 Å². The highest BCUT2D eigenvalue weighted by Crippen LogP contribution is 2.16. The van der Waals surface area contributed by atoms with Gasteiger partial charge in [-0.25, -0.2) is 18.5 Å². The molecule has 2 rings (SSSR count). The summed E-state index contributed by atoms with van der Waals surface area (Å²) in [5, 5.41) is 8.53. The van der Waals surface area contributed by atoms with E-state index in [-0.39, 0.29) is 4.90 Å². The van der Waals surface area contributed by atoms with Crippen LogP contribution < -0.4 is 15.4 Å². The van der Waals surface area contributed by atoms with Crippen molar-refractivity contribution < 1.29 is 13.2 Å². The zero-order chi connectivity index (χ0) is 15.3. The molecule has 1 unspecified atom stereocenters. The second-order valence-corrected chi connectivity index (χ2v) is 6.69. The number of rotatable bonds is 7. The van der Waals surface area contributed by atoms with Gasteiger partial charge in [0.1, 0.15) is 10.7 Å². The monoisotopic (exact) mass is 314 g/mol. The molecular weight excluding hydrogens is 292 g/mol. The van der Waals surface area contributed by atoms with Crippen LogP contribution in [0.4, 0.5) is 5.82 Å². The molecule has 0 saturated carbocycles. The fraction of sp³-hybridized carbons (Fsp3) is 0.615. The Morgan fingerprint density at radius 1 is 1.52 bits per heavy atom. The van der Waals surface area contributed by atoms with E-state index in [1.165, 1.54) is 18.7 Å². The van der Waals surface area contributed by atoms with E-state index in [9.17, 15) is 8.42 Å². The Hall–Kier alpha value is -1.22. The van der Waals surface area contributed by atoms with Crippen LogP contribution in [-0.4, -0.2) is 52.8 Å². The van der Waals surface area contributed by atoms with Crippen LogP contribution in [0.3, 0.4) is 0 Å². The number of methoxy groups -OCH3 is 1. The van der Waals surface area contributed by atoms with Crippen LogP contribution in [0.1, 0.15) is 12.8 Å². The largest absolute Gasteiger partial charge is 0.383 e. The summed E-state index contributed by atoms with van der Waals surface area (Å²) in [6.07, 6.45) is 3.62. The second-order valence-electron chi connectivity index (χ2n) is 5.13. The summed E-state index contributed by atoms with van der Waals surface area (Å²) in [4.78, 5) is 6.35. The molecule has 1 aromatic rings. The number of ether oxygens (including phenoxy) is 1. The van der Waals surface area contributed by atoms with Crippen LogP contribution >= 0.6 is 0 Å². The number of anilines is 1. The minimum atomic E-state index is -3.70. The fourth-order valence-corrected chi connectivity index (χ4v) is 2.86. The van der Waals surface area contributed by atoms with E-state index in [2.05, 4.69) is 15.2 Å². The van der Waals surface area contributed by atoms with Gasteiger partial charge < -0.3 is 15.0 Å². The van der Waals surface area contributed by atoms with Crippen molar-refractivity contribution in [2.75, 3.05) is 38.3 Å². The van der Waals surface area contributed by atoms with Gasteiger partial charge in [-0.2, -0.15) is 0 Å².